The molecule has 174 valence electrons. The molecule has 0 aliphatic carbocycles. The van der Waals surface area contributed by atoms with Crippen molar-refractivity contribution in [2.75, 3.05) is 6.16 Å². The lowest BCUT2D eigenvalue weighted by atomic mass is 9.96. The Bertz CT molecular complexity index is 1380. The number of aryl methyl sites for hydroxylation is 3. The summed E-state index contributed by atoms with van der Waals surface area (Å²) in [5, 5.41) is 0. The van der Waals surface area contributed by atoms with Gasteiger partial charge in [-0.25, -0.2) is 14.1 Å². The zero-order valence-electron chi connectivity index (χ0n) is 19.1. The number of aldehydes is 1. The summed E-state index contributed by atoms with van der Waals surface area (Å²) >= 11 is 0. The van der Waals surface area contributed by atoms with E-state index in [4.69, 9.17) is 14.8 Å². The van der Waals surface area contributed by atoms with Gasteiger partial charge in [-0.1, -0.05) is 0 Å². The van der Waals surface area contributed by atoms with E-state index in [9.17, 15) is 9.36 Å². The van der Waals surface area contributed by atoms with Crippen molar-refractivity contribution in [1.82, 2.24) is 9.97 Å². The van der Waals surface area contributed by atoms with Gasteiger partial charge >= 0.3 is 7.60 Å². The highest BCUT2D eigenvalue weighted by Gasteiger charge is 2.17. The number of pyridine rings is 2. The van der Waals surface area contributed by atoms with Gasteiger partial charge in [-0.2, -0.15) is 0 Å². The molecule has 3 heterocycles. The number of rotatable bonds is 8. The third-order valence-electron chi connectivity index (χ3n) is 5.95. The molecule has 0 aliphatic rings. The smallest absolute Gasteiger partial charge is 0.324 e. The van der Waals surface area contributed by atoms with Gasteiger partial charge in [0.05, 0.1) is 29.3 Å². The number of hydrogen-bond donors (Lipinski definition) is 2. The molecular weight excluding hydrogens is 451 g/mol. The van der Waals surface area contributed by atoms with Crippen LogP contribution in [-0.4, -0.2) is 32.2 Å². The van der Waals surface area contributed by atoms with Gasteiger partial charge in [0.1, 0.15) is 12.4 Å². The molecule has 3 aromatic heterocycles. The third-order valence-corrected chi connectivity index (χ3v) is 6.73. The highest BCUT2D eigenvalue weighted by atomic mass is 31.2. The lowest BCUT2D eigenvalue weighted by Crippen LogP contribution is -2.34. The SMILES string of the molecule is Cc1c(-c2cc[n+](CCC=O)cc2)cc2ncc(-c3cc[n+](CCP(=O)(O)O)cc3)nc2c1C. The van der Waals surface area contributed by atoms with Crippen molar-refractivity contribution in [2.24, 2.45) is 0 Å². The number of carbonyl (C=O) groups is 1. The molecule has 0 radical (unpaired) electrons. The minimum Gasteiger partial charge on any atom is -0.324 e. The summed E-state index contributed by atoms with van der Waals surface area (Å²) in [6, 6.07) is 9.89. The van der Waals surface area contributed by atoms with Crippen LogP contribution < -0.4 is 9.13 Å². The Kier molecular flexibility index (Phi) is 6.93. The predicted molar refractivity (Wildman–Crippen MR) is 128 cm³/mol. The highest BCUT2D eigenvalue weighted by Crippen LogP contribution is 2.33. The van der Waals surface area contributed by atoms with E-state index in [2.05, 4.69) is 18.0 Å². The first-order chi connectivity index (χ1) is 16.2. The molecule has 1 aromatic carbocycles. The minimum absolute atomic E-state index is 0.201. The average Bonchev–Trinajstić information content (AvgIpc) is 2.84. The summed E-state index contributed by atoms with van der Waals surface area (Å²) in [6.07, 6.45) is 10.5. The molecule has 8 nitrogen and oxygen atoms in total. The normalized spacial score (nSPS) is 11.6. The van der Waals surface area contributed by atoms with Crippen molar-refractivity contribution in [2.45, 2.75) is 33.4 Å². The summed E-state index contributed by atoms with van der Waals surface area (Å²) in [5.41, 5.74) is 7.65. The zero-order valence-corrected chi connectivity index (χ0v) is 20.0. The quantitative estimate of drug-likeness (QED) is 0.229. The van der Waals surface area contributed by atoms with Crippen molar-refractivity contribution in [3.05, 3.63) is 72.4 Å². The molecule has 0 saturated heterocycles. The van der Waals surface area contributed by atoms with Gasteiger partial charge in [-0.3, -0.25) is 9.55 Å². The van der Waals surface area contributed by atoms with E-state index in [0.717, 1.165) is 50.8 Å². The Balaban J connectivity index is 1.63. The van der Waals surface area contributed by atoms with Crippen LogP contribution in [0.3, 0.4) is 0 Å². The maximum absolute atomic E-state index is 11.1. The summed E-state index contributed by atoms with van der Waals surface area (Å²) in [7, 11) is -4.03. The largest absolute Gasteiger partial charge is 0.331 e. The van der Waals surface area contributed by atoms with E-state index in [0.29, 0.717) is 13.0 Å². The molecule has 9 heteroatoms. The number of benzene rings is 1. The van der Waals surface area contributed by atoms with Crippen molar-refractivity contribution >= 4 is 24.9 Å². The Morgan fingerprint density at radius 2 is 1.56 bits per heavy atom. The minimum atomic E-state index is -4.03. The van der Waals surface area contributed by atoms with Crippen LogP contribution in [0.25, 0.3) is 33.4 Å². The molecule has 4 aromatic rings. The Hall–Kier alpha value is -3.32. The first kappa shape index (κ1) is 23.8. The second-order valence-electron chi connectivity index (χ2n) is 8.29. The first-order valence-electron chi connectivity index (χ1n) is 11.0. The molecule has 34 heavy (non-hydrogen) atoms. The number of carbonyl (C=O) groups excluding carboxylic acids is 1. The number of fused-ring (bicyclic) bond motifs is 1. The van der Waals surface area contributed by atoms with E-state index in [1.54, 1.807) is 23.2 Å². The molecular formula is C25H27N4O4P+2. The molecule has 0 aliphatic heterocycles. The Labute approximate surface area is 197 Å². The standard InChI is InChI=1S/C25H25N4O4P/c1-18-19(2)25-23(16-22(18)20-4-9-28(10-5-20)8-3-14-30)26-17-24(27-25)21-6-11-29(12-7-21)13-15-34(31,32)33/h4-7,9-12,14,16-17H,3,8,13,15H2,1-2H3/p+2. The van der Waals surface area contributed by atoms with Gasteiger partial charge in [0, 0.05) is 29.8 Å². The topological polar surface area (TPSA) is 108 Å². The fraction of sp³-hybridized carbons (Fsp3) is 0.240. The highest BCUT2D eigenvalue weighted by molar-refractivity contribution is 7.51. The number of nitrogens with zero attached hydrogens (tertiary/aromatic N) is 4. The summed E-state index contributed by atoms with van der Waals surface area (Å²) in [4.78, 5) is 38.3. The maximum atomic E-state index is 11.1. The second kappa shape index (κ2) is 9.89. The summed E-state index contributed by atoms with van der Waals surface area (Å²) < 4.78 is 14.8. The molecule has 2 N–H and O–H groups in total. The van der Waals surface area contributed by atoms with E-state index in [1.165, 1.54) is 0 Å². The van der Waals surface area contributed by atoms with Crippen LogP contribution in [0, 0.1) is 13.8 Å². The summed E-state index contributed by atoms with van der Waals surface area (Å²) in [5.74, 6) is 0. The van der Waals surface area contributed by atoms with Crippen LogP contribution in [0.5, 0.6) is 0 Å². The maximum Gasteiger partial charge on any atom is 0.331 e. The van der Waals surface area contributed by atoms with Crippen LogP contribution in [0.2, 0.25) is 0 Å². The Morgan fingerprint density at radius 3 is 2.18 bits per heavy atom. The van der Waals surface area contributed by atoms with Crippen molar-refractivity contribution in [3.63, 3.8) is 0 Å². The molecule has 4 rings (SSSR count). The van der Waals surface area contributed by atoms with Crippen LogP contribution in [0.15, 0.2) is 61.3 Å². The van der Waals surface area contributed by atoms with Crippen LogP contribution in [0.4, 0.5) is 0 Å². The third kappa shape index (κ3) is 5.42. The fourth-order valence-corrected chi connectivity index (χ4v) is 4.35. The first-order valence-corrected chi connectivity index (χ1v) is 12.8. The van der Waals surface area contributed by atoms with E-state index >= 15 is 0 Å². The lowest BCUT2D eigenvalue weighted by Gasteiger charge is -2.12. The van der Waals surface area contributed by atoms with Gasteiger partial charge in [0.15, 0.2) is 37.9 Å². The predicted octanol–water partition coefficient (Wildman–Crippen LogP) is 2.92. The van der Waals surface area contributed by atoms with Crippen molar-refractivity contribution < 1.29 is 28.3 Å². The lowest BCUT2D eigenvalue weighted by molar-refractivity contribution is -0.695. The molecule has 0 amide bonds. The zero-order chi connectivity index (χ0) is 24.3. The van der Waals surface area contributed by atoms with E-state index < -0.39 is 7.60 Å². The van der Waals surface area contributed by atoms with E-state index in [1.807, 2.05) is 48.1 Å². The van der Waals surface area contributed by atoms with Gasteiger partial charge < -0.3 is 14.6 Å². The fourth-order valence-electron chi connectivity index (χ4n) is 3.85. The van der Waals surface area contributed by atoms with E-state index in [-0.39, 0.29) is 12.7 Å². The molecule has 0 fully saturated rings. The second-order valence-corrected chi connectivity index (χ2v) is 10.1. The number of hydrogen-bond acceptors (Lipinski definition) is 4. The van der Waals surface area contributed by atoms with Crippen LogP contribution in [-0.2, 0) is 22.4 Å². The van der Waals surface area contributed by atoms with Crippen LogP contribution >= 0.6 is 7.60 Å². The molecule has 0 saturated carbocycles. The van der Waals surface area contributed by atoms with Crippen LogP contribution in [0.1, 0.15) is 17.5 Å². The van der Waals surface area contributed by atoms with Gasteiger partial charge in [0.25, 0.3) is 0 Å². The molecule has 0 spiro atoms. The molecule has 0 atom stereocenters. The monoisotopic (exact) mass is 478 g/mol. The number of aromatic nitrogens is 4. The van der Waals surface area contributed by atoms with Crippen molar-refractivity contribution in [1.29, 1.82) is 0 Å². The van der Waals surface area contributed by atoms with Gasteiger partial charge in [-0.15, -0.1) is 0 Å². The van der Waals surface area contributed by atoms with Crippen molar-refractivity contribution in [3.8, 4) is 22.4 Å². The molecule has 0 unspecified atom stereocenters. The summed E-state index contributed by atoms with van der Waals surface area (Å²) in [6.45, 7) is 5.04. The average molecular weight is 478 g/mol. The molecule has 0 bridgehead atoms. The van der Waals surface area contributed by atoms with Gasteiger partial charge in [0.2, 0.25) is 0 Å². The van der Waals surface area contributed by atoms with Gasteiger partial charge in [-0.05, 0) is 42.2 Å². The Morgan fingerprint density at radius 1 is 0.941 bits per heavy atom.